The van der Waals surface area contributed by atoms with Gasteiger partial charge in [-0.25, -0.2) is 19.2 Å². The minimum Gasteiger partial charge on any atom is -0.488 e. The summed E-state index contributed by atoms with van der Waals surface area (Å²) in [6.45, 7) is 10.8. The molecule has 3 aliphatic heterocycles. The zero-order chi connectivity index (χ0) is 43.8. The maximum atomic E-state index is 13.9. The first-order valence-electron chi connectivity index (χ1n) is 20.4. The van der Waals surface area contributed by atoms with Crippen molar-refractivity contribution in [2.75, 3.05) is 27.4 Å². The van der Waals surface area contributed by atoms with Crippen molar-refractivity contribution in [1.82, 2.24) is 15.1 Å². The Hall–Kier alpha value is -5.51. The number of carboxylic acids is 1. The van der Waals surface area contributed by atoms with E-state index in [4.69, 9.17) is 23.7 Å². The number of benzene rings is 2. The fourth-order valence-electron chi connectivity index (χ4n) is 8.88. The number of hydrogen-bond acceptors (Lipinski definition) is 12. The predicted octanol–water partition coefficient (Wildman–Crippen LogP) is 5.35. The van der Waals surface area contributed by atoms with Crippen molar-refractivity contribution in [3.8, 4) is 16.9 Å². The van der Waals surface area contributed by atoms with E-state index in [-0.39, 0.29) is 61.8 Å². The Kier molecular flexibility index (Phi) is 12.6. The monoisotopic (exact) mass is 833 g/mol. The van der Waals surface area contributed by atoms with Crippen LogP contribution in [-0.2, 0) is 46.4 Å². The van der Waals surface area contributed by atoms with Gasteiger partial charge in [0.2, 0.25) is 11.7 Å². The van der Waals surface area contributed by atoms with Gasteiger partial charge >= 0.3 is 24.1 Å². The average Bonchev–Trinajstić information content (AvgIpc) is 3.77. The van der Waals surface area contributed by atoms with Gasteiger partial charge in [0.15, 0.2) is 17.4 Å². The molecule has 2 fully saturated rings. The molecule has 2 aromatic carbocycles. The molecule has 6 atom stereocenters. The molecule has 4 aliphatic rings. The fourth-order valence-corrected chi connectivity index (χ4v) is 8.88. The van der Waals surface area contributed by atoms with Gasteiger partial charge < -0.3 is 39.0 Å². The first-order chi connectivity index (χ1) is 28.3. The second kappa shape index (κ2) is 17.2. The molecule has 3 heterocycles. The lowest BCUT2D eigenvalue weighted by atomic mass is 9.83. The number of Topliss-reactive ketones (excluding diaryl/α,β-unsaturated/α-hetero) is 2. The number of ketones is 2. The Balaban J connectivity index is 1.18. The molecule has 0 saturated carbocycles. The van der Waals surface area contributed by atoms with Crippen LogP contribution < -0.4 is 10.1 Å². The van der Waals surface area contributed by atoms with Gasteiger partial charge in [0.25, 0.3) is 0 Å². The minimum atomic E-state index is -1.84. The summed E-state index contributed by atoms with van der Waals surface area (Å²) in [4.78, 5) is 96.0. The van der Waals surface area contributed by atoms with E-state index < -0.39 is 71.6 Å². The Morgan fingerprint density at radius 3 is 2.37 bits per heavy atom. The van der Waals surface area contributed by atoms with Crippen molar-refractivity contribution in [2.24, 2.45) is 11.8 Å². The van der Waals surface area contributed by atoms with Crippen LogP contribution in [0.2, 0.25) is 0 Å². The summed E-state index contributed by atoms with van der Waals surface area (Å²) in [7, 11) is 2.70. The molecule has 0 bridgehead atoms. The van der Waals surface area contributed by atoms with Gasteiger partial charge in [0.1, 0.15) is 30.0 Å². The Labute approximate surface area is 349 Å². The van der Waals surface area contributed by atoms with Crippen molar-refractivity contribution < 1.29 is 62.4 Å². The molecule has 1 unspecified atom stereocenters. The van der Waals surface area contributed by atoms with Crippen molar-refractivity contribution in [1.29, 1.82) is 0 Å². The van der Waals surface area contributed by atoms with Crippen LogP contribution in [-0.4, -0.2) is 119 Å². The molecular weight excluding hydrogens is 778 g/mol. The molecule has 1 aliphatic carbocycles. The van der Waals surface area contributed by atoms with Crippen LogP contribution in [0.3, 0.4) is 0 Å². The maximum absolute atomic E-state index is 13.9. The van der Waals surface area contributed by atoms with Crippen molar-refractivity contribution in [2.45, 2.75) is 122 Å². The van der Waals surface area contributed by atoms with Crippen LogP contribution in [0.25, 0.3) is 11.1 Å². The van der Waals surface area contributed by atoms with Crippen molar-refractivity contribution in [3.05, 3.63) is 52.6 Å². The van der Waals surface area contributed by atoms with Crippen molar-refractivity contribution in [3.63, 3.8) is 0 Å². The second-order valence-corrected chi connectivity index (χ2v) is 17.6. The normalized spacial score (nSPS) is 23.8. The van der Waals surface area contributed by atoms with Crippen LogP contribution in [0.1, 0.15) is 105 Å². The quantitative estimate of drug-likeness (QED) is 0.167. The molecule has 16 nitrogen and oxygen atoms in total. The zero-order valence-corrected chi connectivity index (χ0v) is 35.5. The molecule has 0 spiro atoms. The summed E-state index contributed by atoms with van der Waals surface area (Å²) in [5, 5.41) is 13.1. The minimum absolute atomic E-state index is 0.0132. The number of carboxylic acid groups (broad SMARTS) is 1. The molecule has 324 valence electrons. The summed E-state index contributed by atoms with van der Waals surface area (Å²) in [5.74, 6) is -3.44. The van der Waals surface area contributed by atoms with Gasteiger partial charge in [-0.15, -0.1) is 0 Å². The highest BCUT2D eigenvalue weighted by Gasteiger charge is 2.56. The number of rotatable bonds is 11. The Morgan fingerprint density at radius 1 is 0.983 bits per heavy atom. The van der Waals surface area contributed by atoms with Gasteiger partial charge in [-0.1, -0.05) is 26.0 Å². The smallest absolute Gasteiger partial charge is 0.411 e. The summed E-state index contributed by atoms with van der Waals surface area (Å²) < 4.78 is 27.5. The van der Waals surface area contributed by atoms with Crippen LogP contribution in [0.4, 0.5) is 9.59 Å². The highest BCUT2D eigenvalue weighted by atomic mass is 16.6. The third-order valence-electron chi connectivity index (χ3n) is 11.8. The van der Waals surface area contributed by atoms with E-state index in [1.54, 1.807) is 58.9 Å². The number of amides is 3. The van der Waals surface area contributed by atoms with Gasteiger partial charge in [0.05, 0.1) is 13.7 Å². The van der Waals surface area contributed by atoms with E-state index in [1.165, 1.54) is 19.1 Å². The molecular formula is C44H55N3O13. The van der Waals surface area contributed by atoms with E-state index >= 15 is 0 Å². The third-order valence-corrected chi connectivity index (χ3v) is 11.8. The molecule has 2 saturated heterocycles. The molecule has 2 N–H and O–H groups in total. The maximum Gasteiger partial charge on any atom is 0.411 e. The first kappa shape index (κ1) is 44.1. The number of likely N-dealkylation sites (tertiary alicyclic amines) is 2. The molecule has 16 heteroatoms. The van der Waals surface area contributed by atoms with E-state index in [0.717, 1.165) is 16.0 Å². The van der Waals surface area contributed by atoms with E-state index in [0.29, 0.717) is 41.7 Å². The zero-order valence-electron chi connectivity index (χ0n) is 35.5. The summed E-state index contributed by atoms with van der Waals surface area (Å²) in [6, 6.07) is 6.43. The molecule has 3 amide bonds. The fraction of sp³-hybridized carbons (Fsp3) is 0.568. The largest absolute Gasteiger partial charge is 0.488 e. The number of nitrogens with one attached hydrogen (secondary N) is 1. The lowest BCUT2D eigenvalue weighted by Gasteiger charge is -2.35. The van der Waals surface area contributed by atoms with E-state index in [1.807, 2.05) is 13.0 Å². The van der Waals surface area contributed by atoms with Crippen molar-refractivity contribution >= 4 is 41.6 Å². The highest BCUT2D eigenvalue weighted by molar-refractivity contribution is 6.05. The lowest BCUT2D eigenvalue weighted by Crippen LogP contribution is -2.56. The number of nitrogens with zero attached hydrogens (tertiary/aromatic N) is 2. The van der Waals surface area contributed by atoms with Crippen LogP contribution >= 0.6 is 0 Å². The van der Waals surface area contributed by atoms with Crippen LogP contribution in [0, 0.1) is 11.8 Å². The number of methoxy groups -OCH3 is 2. The number of alkyl carbamates (subject to hydrolysis) is 1. The summed E-state index contributed by atoms with van der Waals surface area (Å²) in [6.07, 6.45) is -1.57. The highest BCUT2D eigenvalue weighted by Crippen LogP contribution is 2.43. The number of aryl methyl sites for hydroxylation is 1. The Bertz CT molecular complexity index is 2080. The van der Waals surface area contributed by atoms with E-state index in [9.17, 15) is 38.7 Å². The average molecular weight is 834 g/mol. The van der Waals surface area contributed by atoms with Gasteiger partial charge in [-0.05, 0) is 101 Å². The number of fused-ring (bicyclic) bond motifs is 4. The molecule has 60 heavy (non-hydrogen) atoms. The number of aliphatic carboxylic acids is 1. The summed E-state index contributed by atoms with van der Waals surface area (Å²) in [5.41, 5.74) is 0.808. The second-order valence-electron chi connectivity index (χ2n) is 17.6. The van der Waals surface area contributed by atoms with Crippen LogP contribution in [0.15, 0.2) is 30.3 Å². The third kappa shape index (κ3) is 8.70. The van der Waals surface area contributed by atoms with Gasteiger partial charge in [-0.2, -0.15) is 0 Å². The van der Waals surface area contributed by atoms with Crippen LogP contribution in [0.5, 0.6) is 5.75 Å². The summed E-state index contributed by atoms with van der Waals surface area (Å²) >= 11 is 0. The number of ether oxygens (including phenoxy) is 5. The lowest BCUT2D eigenvalue weighted by molar-refractivity contribution is -0.158. The molecule has 0 aromatic heterocycles. The van der Waals surface area contributed by atoms with Gasteiger partial charge in [-0.3, -0.25) is 19.3 Å². The molecule has 2 aromatic rings. The SMILES string of the molecule is COC[C@@H]1CN(C(=O)OC(C)(C)C)[C@@](CC(=O)c2ccc3c(c2)COc2cc4c(cc2-3)CCC(OC(=O)[C@@H]2CC[C@H](C)N2C(=O)[C@@H](NC(=O)OC)C(C)C)C4=O)(C(=O)O)C1. The predicted molar refractivity (Wildman–Crippen MR) is 214 cm³/mol. The standard InChI is InChI=1S/C44H55N3O13/c1-23(2)36(45-41(54)57-8)38(50)47-24(3)9-13-32(47)39(51)59-34-14-11-26-16-31-29-12-10-27(15-28(29)22-58-35(31)17-30(26)37(34)49)33(48)19-44(40(52)53)18-25(21-56-7)20-46(44)42(55)60-43(4,5)6/h10,12,15-17,23-25,32,34,36H,9,11,13-14,18-22H2,1-8H3,(H,45,54)(H,52,53)/t24-,25-,32-,34?,36-,44-/m0/s1. The van der Waals surface area contributed by atoms with E-state index in [2.05, 4.69) is 5.32 Å². The van der Waals surface area contributed by atoms with Gasteiger partial charge in [0, 0.05) is 48.7 Å². The Morgan fingerprint density at radius 2 is 1.72 bits per heavy atom. The number of hydrogen-bond donors (Lipinski definition) is 2. The topological polar surface area (TPSA) is 204 Å². The number of carbonyl (C=O) groups is 7. The number of carbonyl (C=O) groups excluding carboxylic acids is 6. The molecule has 6 rings (SSSR count). The number of esters is 1. The molecule has 0 radical (unpaired) electrons. The first-order valence-corrected chi connectivity index (χ1v) is 20.4.